The van der Waals surface area contributed by atoms with E-state index < -0.39 is 18.3 Å². The largest absolute Gasteiger partial charge is 0.486 e. The Labute approximate surface area is 169 Å². The molecular formula is C18H18ClF3N4O3. The third kappa shape index (κ3) is 4.70. The number of anilines is 1. The number of carbonyl (C=O) groups is 1. The van der Waals surface area contributed by atoms with Crippen molar-refractivity contribution < 1.29 is 27.8 Å². The first kappa shape index (κ1) is 21.1. The SMILES string of the molecule is CN1C(=O)CN(c2ncc(OCc3c(Cl)cccc3C(F)(F)F)cn2)CC1CO. The van der Waals surface area contributed by atoms with E-state index >= 15 is 0 Å². The van der Waals surface area contributed by atoms with Crippen LogP contribution >= 0.6 is 11.6 Å². The number of amides is 1. The van der Waals surface area contributed by atoms with Gasteiger partial charge in [0.2, 0.25) is 11.9 Å². The number of piperazine rings is 1. The molecule has 29 heavy (non-hydrogen) atoms. The van der Waals surface area contributed by atoms with Crippen molar-refractivity contribution >= 4 is 23.5 Å². The van der Waals surface area contributed by atoms with Gasteiger partial charge in [-0.25, -0.2) is 9.97 Å². The molecule has 1 atom stereocenters. The number of aliphatic hydroxyl groups excluding tert-OH is 1. The third-order valence-electron chi connectivity index (χ3n) is 4.61. The Bertz CT molecular complexity index is 880. The van der Waals surface area contributed by atoms with Gasteiger partial charge in [0.1, 0.15) is 13.2 Å². The summed E-state index contributed by atoms with van der Waals surface area (Å²) in [5, 5.41) is 9.34. The van der Waals surface area contributed by atoms with E-state index in [1.165, 1.54) is 29.4 Å². The summed E-state index contributed by atoms with van der Waals surface area (Å²) in [5.74, 6) is 0.226. The van der Waals surface area contributed by atoms with Crippen LogP contribution in [0, 0.1) is 0 Å². The van der Waals surface area contributed by atoms with Crippen LogP contribution < -0.4 is 9.64 Å². The van der Waals surface area contributed by atoms with E-state index in [9.17, 15) is 23.1 Å². The van der Waals surface area contributed by atoms with Crippen molar-refractivity contribution in [3.8, 4) is 5.75 Å². The number of ether oxygens (including phenoxy) is 1. The zero-order valence-corrected chi connectivity index (χ0v) is 16.1. The minimum absolute atomic E-state index is 0.0524. The smallest absolute Gasteiger partial charge is 0.416 e. The molecule has 1 aromatic heterocycles. The van der Waals surface area contributed by atoms with Crippen LogP contribution in [-0.2, 0) is 17.6 Å². The molecule has 1 aliphatic heterocycles. The van der Waals surface area contributed by atoms with E-state index in [1.807, 2.05) is 0 Å². The second-order valence-electron chi connectivity index (χ2n) is 6.49. The van der Waals surface area contributed by atoms with E-state index in [0.717, 1.165) is 6.07 Å². The predicted molar refractivity (Wildman–Crippen MR) is 98.7 cm³/mol. The number of carbonyl (C=O) groups excluding carboxylic acids is 1. The van der Waals surface area contributed by atoms with Gasteiger partial charge < -0.3 is 19.6 Å². The number of halogens is 4. The summed E-state index contributed by atoms with van der Waals surface area (Å²) in [5.41, 5.74) is -1.05. The maximum Gasteiger partial charge on any atom is 0.416 e. The van der Waals surface area contributed by atoms with Crippen LogP contribution in [0.4, 0.5) is 19.1 Å². The van der Waals surface area contributed by atoms with Crippen molar-refractivity contribution in [2.45, 2.75) is 18.8 Å². The van der Waals surface area contributed by atoms with Crippen LogP contribution in [0.25, 0.3) is 0 Å². The van der Waals surface area contributed by atoms with Crippen molar-refractivity contribution in [2.24, 2.45) is 0 Å². The molecule has 0 radical (unpaired) electrons. The highest BCUT2D eigenvalue weighted by Crippen LogP contribution is 2.35. The van der Waals surface area contributed by atoms with E-state index in [4.69, 9.17) is 16.3 Å². The van der Waals surface area contributed by atoms with E-state index in [2.05, 4.69) is 9.97 Å². The molecule has 2 aromatic rings. The Morgan fingerprint density at radius 3 is 2.62 bits per heavy atom. The summed E-state index contributed by atoms with van der Waals surface area (Å²) in [7, 11) is 1.61. The summed E-state index contributed by atoms with van der Waals surface area (Å²) < 4.78 is 44.8. The molecule has 1 N–H and O–H groups in total. The molecule has 1 unspecified atom stereocenters. The average Bonchev–Trinajstić information content (AvgIpc) is 2.68. The van der Waals surface area contributed by atoms with Crippen LogP contribution in [0.1, 0.15) is 11.1 Å². The number of aliphatic hydroxyl groups is 1. The van der Waals surface area contributed by atoms with Crippen molar-refractivity contribution in [2.75, 3.05) is 31.6 Å². The first-order chi connectivity index (χ1) is 13.7. The number of aromatic nitrogens is 2. The molecule has 0 spiro atoms. The quantitative estimate of drug-likeness (QED) is 0.784. The average molecular weight is 431 g/mol. The lowest BCUT2D eigenvalue weighted by atomic mass is 10.1. The van der Waals surface area contributed by atoms with E-state index in [-0.39, 0.29) is 47.4 Å². The molecule has 3 rings (SSSR count). The molecule has 1 fully saturated rings. The number of benzene rings is 1. The summed E-state index contributed by atoms with van der Waals surface area (Å²) in [6.45, 7) is -0.189. The first-order valence-electron chi connectivity index (χ1n) is 8.61. The lowest BCUT2D eigenvalue weighted by molar-refractivity contribution is -0.138. The van der Waals surface area contributed by atoms with Gasteiger partial charge in [-0.05, 0) is 12.1 Å². The van der Waals surface area contributed by atoms with Crippen LogP contribution in [0.2, 0.25) is 5.02 Å². The topological polar surface area (TPSA) is 78.8 Å². The molecule has 11 heteroatoms. The Morgan fingerprint density at radius 1 is 1.31 bits per heavy atom. The van der Waals surface area contributed by atoms with Gasteiger partial charge in [-0.3, -0.25) is 4.79 Å². The Kier molecular flexibility index (Phi) is 6.13. The number of likely N-dealkylation sites (N-methyl/N-ethyl adjacent to an activating group) is 1. The highest BCUT2D eigenvalue weighted by atomic mass is 35.5. The van der Waals surface area contributed by atoms with Gasteiger partial charge in [-0.1, -0.05) is 17.7 Å². The Hall–Kier alpha value is -2.59. The maximum absolute atomic E-state index is 13.1. The van der Waals surface area contributed by atoms with Crippen LogP contribution in [0.3, 0.4) is 0 Å². The van der Waals surface area contributed by atoms with Crippen molar-refractivity contribution in [3.63, 3.8) is 0 Å². The maximum atomic E-state index is 13.1. The molecule has 0 bridgehead atoms. The van der Waals surface area contributed by atoms with Gasteiger partial charge in [-0.2, -0.15) is 13.2 Å². The van der Waals surface area contributed by atoms with Gasteiger partial charge >= 0.3 is 6.18 Å². The van der Waals surface area contributed by atoms with Gasteiger partial charge in [0.15, 0.2) is 5.75 Å². The molecule has 0 saturated carbocycles. The summed E-state index contributed by atoms with van der Waals surface area (Å²) >= 11 is 5.91. The minimum atomic E-state index is -4.55. The van der Waals surface area contributed by atoms with Crippen molar-refractivity contribution in [3.05, 3.63) is 46.7 Å². The van der Waals surface area contributed by atoms with Crippen molar-refractivity contribution in [1.29, 1.82) is 0 Å². The second kappa shape index (κ2) is 8.42. The van der Waals surface area contributed by atoms with Crippen LogP contribution in [-0.4, -0.2) is 58.7 Å². The normalized spacial score (nSPS) is 17.6. The summed E-state index contributed by atoms with van der Waals surface area (Å²) in [6, 6.07) is 3.14. The summed E-state index contributed by atoms with van der Waals surface area (Å²) in [4.78, 5) is 23.3. The molecule has 7 nitrogen and oxygen atoms in total. The van der Waals surface area contributed by atoms with Gasteiger partial charge in [0.05, 0.1) is 30.6 Å². The number of hydrogen-bond donors (Lipinski definition) is 1. The summed E-state index contributed by atoms with van der Waals surface area (Å²) in [6.07, 6.45) is -1.94. The Balaban J connectivity index is 1.70. The second-order valence-corrected chi connectivity index (χ2v) is 6.90. The van der Waals surface area contributed by atoms with Gasteiger partial charge in [0.25, 0.3) is 0 Å². The van der Waals surface area contributed by atoms with E-state index in [1.54, 1.807) is 11.9 Å². The highest BCUT2D eigenvalue weighted by Gasteiger charge is 2.34. The first-order valence-corrected chi connectivity index (χ1v) is 8.99. The standard InChI is InChI=1S/C18H18ClF3N4O3/c1-25-11(9-27)7-26(8-16(25)28)17-23-5-12(6-24-17)29-10-13-14(18(20,21)22)3-2-4-15(13)19/h2-6,11,27H,7-10H2,1H3. The zero-order chi connectivity index (χ0) is 21.2. The van der Waals surface area contributed by atoms with Gasteiger partial charge in [-0.15, -0.1) is 0 Å². The van der Waals surface area contributed by atoms with E-state index in [0.29, 0.717) is 6.54 Å². The molecule has 156 valence electrons. The molecule has 1 aliphatic rings. The number of alkyl halides is 3. The van der Waals surface area contributed by atoms with Crippen LogP contribution in [0.5, 0.6) is 5.75 Å². The zero-order valence-electron chi connectivity index (χ0n) is 15.4. The monoisotopic (exact) mass is 430 g/mol. The van der Waals surface area contributed by atoms with Crippen LogP contribution in [0.15, 0.2) is 30.6 Å². The molecule has 1 saturated heterocycles. The fourth-order valence-corrected chi connectivity index (χ4v) is 3.16. The lowest BCUT2D eigenvalue weighted by Gasteiger charge is -2.38. The fraction of sp³-hybridized carbons (Fsp3) is 0.389. The molecule has 1 amide bonds. The molecule has 2 heterocycles. The number of nitrogens with zero attached hydrogens (tertiary/aromatic N) is 4. The predicted octanol–water partition coefficient (Wildman–Crippen LogP) is 2.37. The molecule has 0 aliphatic carbocycles. The highest BCUT2D eigenvalue weighted by molar-refractivity contribution is 6.31. The fourth-order valence-electron chi connectivity index (χ4n) is 2.93. The minimum Gasteiger partial charge on any atom is -0.486 e. The Morgan fingerprint density at radius 2 is 2.00 bits per heavy atom. The third-order valence-corrected chi connectivity index (χ3v) is 4.97. The lowest BCUT2D eigenvalue weighted by Crippen LogP contribution is -2.56. The van der Waals surface area contributed by atoms with Crippen molar-refractivity contribution in [1.82, 2.24) is 14.9 Å². The molecule has 1 aromatic carbocycles. The number of hydrogen-bond acceptors (Lipinski definition) is 6. The molecular weight excluding hydrogens is 413 g/mol. The van der Waals surface area contributed by atoms with Gasteiger partial charge in [0, 0.05) is 24.2 Å². The number of rotatable bonds is 5.